The average molecular weight is 300 g/mol. The Hall–Kier alpha value is -2.14. The van der Waals surface area contributed by atoms with E-state index >= 15 is 0 Å². The van der Waals surface area contributed by atoms with Gasteiger partial charge in [-0.3, -0.25) is 14.5 Å². The quantitative estimate of drug-likeness (QED) is 0.800. The van der Waals surface area contributed by atoms with Crippen LogP contribution < -0.4 is 0 Å². The summed E-state index contributed by atoms with van der Waals surface area (Å²) in [5, 5.41) is 0. The maximum atomic E-state index is 12.3. The molecule has 1 aromatic carbocycles. The van der Waals surface area contributed by atoms with Gasteiger partial charge in [-0.05, 0) is 31.9 Å². The van der Waals surface area contributed by atoms with E-state index < -0.39 is 0 Å². The van der Waals surface area contributed by atoms with Crippen molar-refractivity contribution in [2.24, 2.45) is 0 Å². The van der Waals surface area contributed by atoms with Gasteiger partial charge in [-0.2, -0.15) is 0 Å². The minimum atomic E-state index is -0.221. The average Bonchev–Trinajstić information content (AvgIpc) is 3.06. The number of benzene rings is 1. The summed E-state index contributed by atoms with van der Waals surface area (Å²) in [7, 11) is 1.94. The summed E-state index contributed by atoms with van der Waals surface area (Å²) in [5.41, 5.74) is 1.91. The van der Waals surface area contributed by atoms with Crippen LogP contribution in [0.2, 0.25) is 0 Å². The Kier molecular flexibility index (Phi) is 3.74. The molecule has 0 N–H and O–H groups in total. The number of rotatable bonds is 4. The van der Waals surface area contributed by atoms with Gasteiger partial charge in [-0.25, -0.2) is 0 Å². The zero-order chi connectivity index (χ0) is 15.9. The Bertz CT molecular complexity index is 606. The molecule has 1 aromatic rings. The fourth-order valence-electron chi connectivity index (χ4n) is 2.96. The number of carbonyl (C=O) groups is 2. The summed E-state index contributed by atoms with van der Waals surface area (Å²) in [6.07, 6.45) is 1.55. The Morgan fingerprint density at radius 1 is 1.27 bits per heavy atom. The Labute approximate surface area is 130 Å². The molecule has 2 heterocycles. The molecular formula is C17H20N2O3. The highest BCUT2D eigenvalue weighted by Gasteiger charge is 2.38. The van der Waals surface area contributed by atoms with Gasteiger partial charge in [0.15, 0.2) is 0 Å². The van der Waals surface area contributed by atoms with E-state index in [1.165, 1.54) is 4.90 Å². The van der Waals surface area contributed by atoms with Crippen molar-refractivity contribution in [3.63, 3.8) is 0 Å². The normalized spacial score (nSPS) is 23.8. The molecule has 1 fully saturated rings. The summed E-state index contributed by atoms with van der Waals surface area (Å²) in [6, 6.07) is 6.94. The summed E-state index contributed by atoms with van der Waals surface area (Å²) < 4.78 is 5.96. The molecule has 2 unspecified atom stereocenters. The molecule has 2 aliphatic heterocycles. The zero-order valence-electron chi connectivity index (χ0n) is 12.9. The maximum absolute atomic E-state index is 12.3. The molecule has 0 radical (unpaired) electrons. The van der Waals surface area contributed by atoms with Gasteiger partial charge in [0.25, 0.3) is 11.8 Å². The molecule has 2 atom stereocenters. The highest BCUT2D eigenvalue weighted by Crippen LogP contribution is 2.28. The first-order valence-corrected chi connectivity index (χ1v) is 7.48. The smallest absolute Gasteiger partial charge is 0.261 e. The minimum Gasteiger partial charge on any atom is -0.354 e. The molecule has 0 aromatic heterocycles. The molecule has 5 heteroatoms. The zero-order valence-corrected chi connectivity index (χ0v) is 12.9. The summed E-state index contributed by atoms with van der Waals surface area (Å²) >= 11 is 0. The molecule has 22 heavy (non-hydrogen) atoms. The van der Waals surface area contributed by atoms with Crippen LogP contribution >= 0.6 is 0 Å². The highest BCUT2D eigenvalue weighted by molar-refractivity contribution is 6.21. The lowest BCUT2D eigenvalue weighted by Gasteiger charge is -2.27. The van der Waals surface area contributed by atoms with Gasteiger partial charge in [-0.1, -0.05) is 18.7 Å². The summed E-state index contributed by atoms with van der Waals surface area (Å²) in [4.78, 5) is 28.0. The maximum Gasteiger partial charge on any atom is 0.261 e. The van der Waals surface area contributed by atoms with Gasteiger partial charge in [0.05, 0.1) is 23.8 Å². The SMILES string of the molecule is C=C(C)N(C)C1CCC(CN2C(=O)c3ccccc3C2=O)O1. The molecule has 0 spiro atoms. The molecule has 0 aliphatic carbocycles. The van der Waals surface area contributed by atoms with Crippen LogP contribution in [0.15, 0.2) is 36.5 Å². The third kappa shape index (κ3) is 2.41. The Morgan fingerprint density at radius 2 is 1.86 bits per heavy atom. The van der Waals surface area contributed by atoms with Crippen LogP contribution in [0.3, 0.4) is 0 Å². The van der Waals surface area contributed by atoms with Crippen LogP contribution in [0.25, 0.3) is 0 Å². The fraction of sp³-hybridized carbons (Fsp3) is 0.412. The van der Waals surface area contributed by atoms with Crippen molar-refractivity contribution in [3.8, 4) is 0 Å². The summed E-state index contributed by atoms with van der Waals surface area (Å²) in [5.74, 6) is -0.443. The van der Waals surface area contributed by atoms with E-state index in [0.29, 0.717) is 17.7 Å². The first kappa shape index (κ1) is 14.8. The van der Waals surface area contributed by atoms with E-state index in [4.69, 9.17) is 4.74 Å². The molecule has 5 nitrogen and oxygen atoms in total. The van der Waals surface area contributed by atoms with Crippen LogP contribution in [0.5, 0.6) is 0 Å². The Balaban J connectivity index is 1.67. The van der Waals surface area contributed by atoms with Gasteiger partial charge in [0.1, 0.15) is 6.23 Å². The van der Waals surface area contributed by atoms with Gasteiger partial charge < -0.3 is 9.64 Å². The molecule has 3 rings (SSSR count). The molecule has 0 bridgehead atoms. The number of carbonyl (C=O) groups excluding carboxylic acids is 2. The highest BCUT2D eigenvalue weighted by atomic mass is 16.5. The van der Waals surface area contributed by atoms with E-state index in [0.717, 1.165) is 18.5 Å². The fourth-order valence-corrected chi connectivity index (χ4v) is 2.96. The van der Waals surface area contributed by atoms with Crippen molar-refractivity contribution in [3.05, 3.63) is 47.7 Å². The second-order valence-corrected chi connectivity index (χ2v) is 5.90. The van der Waals surface area contributed by atoms with E-state index in [-0.39, 0.29) is 24.1 Å². The number of nitrogens with zero attached hydrogens (tertiary/aromatic N) is 2. The van der Waals surface area contributed by atoms with Crippen LogP contribution in [0, 0.1) is 0 Å². The van der Waals surface area contributed by atoms with E-state index in [1.807, 2.05) is 18.9 Å². The van der Waals surface area contributed by atoms with Crippen LogP contribution in [-0.4, -0.2) is 47.5 Å². The minimum absolute atomic E-state index is 0.0299. The first-order chi connectivity index (χ1) is 10.5. The number of amides is 2. The van der Waals surface area contributed by atoms with Gasteiger partial charge in [0, 0.05) is 12.7 Å². The largest absolute Gasteiger partial charge is 0.354 e. The van der Waals surface area contributed by atoms with Crippen molar-refractivity contribution >= 4 is 11.8 Å². The number of allylic oxidation sites excluding steroid dienone is 1. The van der Waals surface area contributed by atoms with Crippen molar-refractivity contribution in [2.75, 3.05) is 13.6 Å². The van der Waals surface area contributed by atoms with Gasteiger partial charge >= 0.3 is 0 Å². The lowest BCUT2D eigenvalue weighted by Crippen LogP contribution is -2.38. The predicted molar refractivity (Wildman–Crippen MR) is 82.3 cm³/mol. The summed E-state index contributed by atoms with van der Waals surface area (Å²) in [6.45, 7) is 6.15. The van der Waals surface area contributed by atoms with E-state index in [9.17, 15) is 9.59 Å². The van der Waals surface area contributed by atoms with E-state index in [1.54, 1.807) is 24.3 Å². The van der Waals surface area contributed by atoms with Crippen molar-refractivity contribution < 1.29 is 14.3 Å². The lowest BCUT2D eigenvalue weighted by molar-refractivity contribution is -0.0347. The third-order valence-electron chi connectivity index (χ3n) is 4.38. The van der Waals surface area contributed by atoms with Crippen molar-refractivity contribution in [1.29, 1.82) is 0 Å². The third-order valence-corrected chi connectivity index (χ3v) is 4.38. The monoisotopic (exact) mass is 300 g/mol. The Morgan fingerprint density at radius 3 is 2.41 bits per heavy atom. The number of ether oxygens (including phenoxy) is 1. The van der Waals surface area contributed by atoms with Crippen LogP contribution in [0.4, 0.5) is 0 Å². The molecule has 2 amide bonds. The second kappa shape index (κ2) is 5.57. The number of imide groups is 1. The molecule has 2 aliphatic rings. The molecular weight excluding hydrogens is 280 g/mol. The first-order valence-electron chi connectivity index (χ1n) is 7.48. The predicted octanol–water partition coefficient (Wildman–Crippen LogP) is 2.25. The topological polar surface area (TPSA) is 49.9 Å². The van der Waals surface area contributed by atoms with Crippen LogP contribution in [-0.2, 0) is 4.74 Å². The number of hydrogen-bond acceptors (Lipinski definition) is 4. The van der Waals surface area contributed by atoms with Gasteiger partial charge in [-0.15, -0.1) is 0 Å². The van der Waals surface area contributed by atoms with Gasteiger partial charge in [0.2, 0.25) is 0 Å². The van der Waals surface area contributed by atoms with Crippen molar-refractivity contribution in [2.45, 2.75) is 32.1 Å². The standard InChI is InChI=1S/C17H20N2O3/c1-11(2)18(3)15-9-8-12(22-15)10-19-16(20)13-6-4-5-7-14(13)17(19)21/h4-7,12,15H,1,8-10H2,2-3H3. The molecule has 0 saturated carbocycles. The van der Waals surface area contributed by atoms with Crippen molar-refractivity contribution in [1.82, 2.24) is 9.80 Å². The van der Waals surface area contributed by atoms with E-state index in [2.05, 4.69) is 6.58 Å². The molecule has 1 saturated heterocycles. The molecule has 116 valence electrons. The lowest BCUT2D eigenvalue weighted by atomic mass is 10.1. The second-order valence-electron chi connectivity index (χ2n) is 5.90. The van der Waals surface area contributed by atoms with Crippen LogP contribution in [0.1, 0.15) is 40.5 Å². The number of hydrogen-bond donors (Lipinski definition) is 0. The number of fused-ring (bicyclic) bond motifs is 1.